The molecule has 176 valence electrons. The molecule has 2 aromatic carbocycles. The molecule has 0 spiro atoms. The van der Waals surface area contributed by atoms with Crippen LogP contribution in [-0.2, 0) is 21.2 Å². The monoisotopic (exact) mass is 466 g/mol. The molecule has 4 rings (SSSR count). The van der Waals surface area contributed by atoms with Gasteiger partial charge in [0.1, 0.15) is 0 Å². The Kier molecular flexibility index (Phi) is 6.78. The highest BCUT2D eigenvalue weighted by Gasteiger charge is 2.49. The van der Waals surface area contributed by atoms with Gasteiger partial charge in [-0.1, -0.05) is 54.6 Å². The molecule has 33 heavy (non-hydrogen) atoms. The van der Waals surface area contributed by atoms with Crippen molar-refractivity contribution in [3.8, 4) is 0 Å². The molecule has 6 heteroatoms. The van der Waals surface area contributed by atoms with E-state index < -0.39 is 10.0 Å². The third-order valence-electron chi connectivity index (χ3n) is 7.44. The number of piperidine rings is 1. The van der Waals surface area contributed by atoms with E-state index in [9.17, 15) is 13.2 Å². The van der Waals surface area contributed by atoms with Crippen LogP contribution >= 0.6 is 0 Å². The van der Waals surface area contributed by atoms with E-state index in [0.29, 0.717) is 23.9 Å². The zero-order valence-corrected chi connectivity index (χ0v) is 20.4. The molecule has 0 aromatic heterocycles. The van der Waals surface area contributed by atoms with Gasteiger partial charge in [-0.25, -0.2) is 8.42 Å². The smallest absolute Gasteiger partial charge is 0.243 e. The zero-order valence-electron chi connectivity index (χ0n) is 19.6. The van der Waals surface area contributed by atoms with Crippen LogP contribution in [0.5, 0.6) is 0 Å². The van der Waals surface area contributed by atoms with Crippen LogP contribution in [0.4, 0.5) is 0 Å². The van der Waals surface area contributed by atoms with E-state index in [1.165, 1.54) is 5.56 Å². The number of fused-ring (bicyclic) bond motifs is 1. The molecular weight excluding hydrogens is 432 g/mol. The molecule has 2 fully saturated rings. The molecule has 3 atom stereocenters. The van der Waals surface area contributed by atoms with Gasteiger partial charge >= 0.3 is 0 Å². The number of nitrogens with zero attached hydrogens (tertiary/aromatic N) is 1. The minimum atomic E-state index is -3.58. The number of hydrogen-bond donors (Lipinski definition) is 1. The Balaban J connectivity index is 1.61. The molecule has 0 radical (unpaired) electrons. The van der Waals surface area contributed by atoms with Crippen LogP contribution in [0.2, 0.25) is 0 Å². The summed E-state index contributed by atoms with van der Waals surface area (Å²) in [5.41, 5.74) is 2.98. The lowest BCUT2D eigenvalue weighted by atomic mass is 9.59. The third kappa shape index (κ3) is 5.07. The highest BCUT2D eigenvalue weighted by Crippen LogP contribution is 2.49. The zero-order chi connectivity index (χ0) is 23.6. The van der Waals surface area contributed by atoms with Crippen molar-refractivity contribution >= 4 is 21.5 Å². The summed E-state index contributed by atoms with van der Waals surface area (Å²) in [7, 11) is -3.58. The number of amides is 1. The summed E-state index contributed by atoms with van der Waals surface area (Å²) < 4.78 is 28.9. The lowest BCUT2D eigenvalue weighted by Crippen LogP contribution is -2.56. The molecule has 1 heterocycles. The number of hydrogen-bond acceptors (Lipinski definition) is 3. The minimum absolute atomic E-state index is 0.00813. The largest absolute Gasteiger partial charge is 0.354 e. The number of sulfonamides is 1. The van der Waals surface area contributed by atoms with Crippen LogP contribution in [0.25, 0.3) is 5.57 Å². The first-order chi connectivity index (χ1) is 15.7. The van der Waals surface area contributed by atoms with Crippen molar-refractivity contribution < 1.29 is 13.2 Å². The Morgan fingerprint density at radius 3 is 2.42 bits per heavy atom. The Morgan fingerprint density at radius 1 is 1.09 bits per heavy atom. The first-order valence-electron chi connectivity index (χ1n) is 11.8. The molecule has 2 aromatic rings. The fraction of sp³-hybridized carbons (Fsp3) is 0.444. The molecule has 1 N–H and O–H groups in total. The van der Waals surface area contributed by atoms with Crippen LogP contribution < -0.4 is 5.32 Å². The second-order valence-electron chi connectivity index (χ2n) is 9.83. The number of allylic oxidation sites excluding steroid dienone is 1. The van der Waals surface area contributed by atoms with E-state index in [-0.39, 0.29) is 17.4 Å². The quantitative estimate of drug-likeness (QED) is 0.674. The predicted molar refractivity (Wildman–Crippen MR) is 132 cm³/mol. The second-order valence-corrected chi connectivity index (χ2v) is 11.8. The maximum Gasteiger partial charge on any atom is 0.243 e. The summed E-state index contributed by atoms with van der Waals surface area (Å²) in [6.45, 7) is 8.45. The number of benzene rings is 2. The van der Waals surface area contributed by atoms with Crippen LogP contribution in [0.1, 0.15) is 50.7 Å². The van der Waals surface area contributed by atoms with Crippen molar-refractivity contribution in [2.75, 3.05) is 13.1 Å². The SMILES string of the molecule is C=C(C)c1ccc(S(=O)(=O)N2CC[C@H]3C[C@H](NC(C)=O)CC[C@]3(Cc3ccccc3)C2)cc1. The standard InChI is InChI=1S/C27H34N2O3S/c1-20(2)23-9-11-26(12-10-23)33(31,32)29-16-14-24-17-25(28-21(3)30)13-15-27(24,19-29)18-22-7-5-4-6-8-22/h4-12,24-25H,1,13-19H2,2-3H3,(H,28,30)/t24-,25+,27-/m0/s1. The maximum atomic E-state index is 13.6. The van der Waals surface area contributed by atoms with Crippen molar-refractivity contribution in [1.29, 1.82) is 0 Å². The van der Waals surface area contributed by atoms with Crippen LogP contribution in [-0.4, -0.2) is 37.8 Å². The fourth-order valence-electron chi connectivity index (χ4n) is 5.71. The second kappa shape index (κ2) is 9.43. The summed E-state index contributed by atoms with van der Waals surface area (Å²) >= 11 is 0. The lowest BCUT2D eigenvalue weighted by Gasteiger charge is -2.52. The van der Waals surface area contributed by atoms with Crippen molar-refractivity contribution in [2.24, 2.45) is 11.3 Å². The predicted octanol–water partition coefficient (Wildman–Crippen LogP) is 4.65. The molecule has 2 aliphatic rings. The summed E-state index contributed by atoms with van der Waals surface area (Å²) in [5.74, 6) is 0.384. The number of carbonyl (C=O) groups is 1. The molecule has 1 aliphatic carbocycles. The summed E-state index contributed by atoms with van der Waals surface area (Å²) in [6.07, 6.45) is 4.35. The molecule has 0 unspecified atom stereocenters. The Hall–Kier alpha value is -2.44. The van der Waals surface area contributed by atoms with Gasteiger partial charge in [0.15, 0.2) is 0 Å². The van der Waals surface area contributed by atoms with Gasteiger partial charge in [-0.05, 0) is 73.6 Å². The molecule has 1 saturated heterocycles. The summed E-state index contributed by atoms with van der Waals surface area (Å²) in [4.78, 5) is 12.0. The summed E-state index contributed by atoms with van der Waals surface area (Å²) in [5, 5.41) is 3.10. The Morgan fingerprint density at radius 2 is 1.79 bits per heavy atom. The van der Waals surface area contributed by atoms with Gasteiger partial charge in [-0.2, -0.15) is 4.31 Å². The average Bonchev–Trinajstić information content (AvgIpc) is 2.79. The van der Waals surface area contributed by atoms with Gasteiger partial charge in [0, 0.05) is 26.1 Å². The topological polar surface area (TPSA) is 66.5 Å². The van der Waals surface area contributed by atoms with E-state index in [1.54, 1.807) is 23.4 Å². The van der Waals surface area contributed by atoms with Gasteiger partial charge in [0.05, 0.1) is 4.90 Å². The molecular formula is C27H34N2O3S. The molecule has 5 nitrogen and oxygen atoms in total. The highest BCUT2D eigenvalue weighted by molar-refractivity contribution is 7.89. The van der Waals surface area contributed by atoms with Crippen molar-refractivity contribution in [3.05, 3.63) is 72.3 Å². The van der Waals surface area contributed by atoms with Gasteiger partial charge in [0.25, 0.3) is 0 Å². The number of nitrogens with one attached hydrogen (secondary N) is 1. The molecule has 0 bridgehead atoms. The van der Waals surface area contributed by atoms with Crippen molar-refractivity contribution in [2.45, 2.75) is 56.9 Å². The van der Waals surface area contributed by atoms with Gasteiger partial charge in [-0.3, -0.25) is 4.79 Å². The van der Waals surface area contributed by atoms with E-state index in [1.807, 2.05) is 37.3 Å². The third-order valence-corrected chi connectivity index (χ3v) is 9.29. The fourth-order valence-corrected chi connectivity index (χ4v) is 7.27. The van der Waals surface area contributed by atoms with Crippen LogP contribution in [0.15, 0.2) is 66.1 Å². The lowest BCUT2D eigenvalue weighted by molar-refractivity contribution is -0.120. The average molecular weight is 467 g/mol. The van der Waals surface area contributed by atoms with Crippen LogP contribution in [0.3, 0.4) is 0 Å². The Labute approximate surface area is 197 Å². The van der Waals surface area contributed by atoms with Crippen LogP contribution in [0, 0.1) is 11.3 Å². The maximum absolute atomic E-state index is 13.6. The van der Waals surface area contributed by atoms with Gasteiger partial charge in [-0.15, -0.1) is 0 Å². The molecule has 1 aliphatic heterocycles. The molecule has 1 amide bonds. The number of rotatable bonds is 6. The van der Waals surface area contributed by atoms with E-state index in [2.05, 4.69) is 24.0 Å². The van der Waals surface area contributed by atoms with Crippen molar-refractivity contribution in [3.63, 3.8) is 0 Å². The van der Waals surface area contributed by atoms with E-state index in [0.717, 1.165) is 43.2 Å². The molecule has 1 saturated carbocycles. The van der Waals surface area contributed by atoms with Gasteiger partial charge in [0.2, 0.25) is 15.9 Å². The van der Waals surface area contributed by atoms with Gasteiger partial charge < -0.3 is 5.32 Å². The first-order valence-corrected chi connectivity index (χ1v) is 13.2. The van der Waals surface area contributed by atoms with Crippen molar-refractivity contribution in [1.82, 2.24) is 9.62 Å². The normalized spacial score (nSPS) is 25.8. The highest BCUT2D eigenvalue weighted by atomic mass is 32.2. The Bertz CT molecular complexity index is 1110. The van der Waals surface area contributed by atoms with E-state index in [4.69, 9.17) is 0 Å². The summed E-state index contributed by atoms with van der Waals surface area (Å²) in [6, 6.07) is 17.6. The van der Waals surface area contributed by atoms with E-state index >= 15 is 0 Å². The first kappa shape index (κ1) is 23.7. The minimum Gasteiger partial charge on any atom is -0.354 e. The number of carbonyl (C=O) groups excluding carboxylic acids is 1.